The van der Waals surface area contributed by atoms with Crippen molar-refractivity contribution in [3.05, 3.63) is 64.1 Å². The van der Waals surface area contributed by atoms with Gasteiger partial charge >= 0.3 is 0 Å². The number of ether oxygens (including phenoxy) is 1. The van der Waals surface area contributed by atoms with Crippen LogP contribution in [0.4, 0.5) is 5.69 Å². The lowest BCUT2D eigenvalue weighted by Crippen LogP contribution is -2.15. The maximum absolute atomic E-state index is 12.4. The van der Waals surface area contributed by atoms with Crippen molar-refractivity contribution < 1.29 is 9.53 Å². The molecule has 1 amide bonds. The molecule has 0 aliphatic carbocycles. The van der Waals surface area contributed by atoms with E-state index >= 15 is 0 Å². The van der Waals surface area contributed by atoms with Crippen molar-refractivity contribution in [1.29, 1.82) is 0 Å². The monoisotopic (exact) mass is 372 g/mol. The molecule has 25 heavy (non-hydrogen) atoms. The Kier molecular flexibility index (Phi) is 5.36. The van der Waals surface area contributed by atoms with Crippen LogP contribution >= 0.6 is 22.9 Å². The molecular formula is C19H17ClN2O2S. The quantitative estimate of drug-likeness (QED) is 0.688. The maximum Gasteiger partial charge on any atom is 0.230 e. The summed E-state index contributed by atoms with van der Waals surface area (Å²) in [5.41, 5.74) is 3.27. The van der Waals surface area contributed by atoms with Gasteiger partial charge in [0.15, 0.2) is 0 Å². The summed E-state index contributed by atoms with van der Waals surface area (Å²) >= 11 is 7.62. The van der Waals surface area contributed by atoms with Gasteiger partial charge in [-0.3, -0.25) is 4.79 Å². The Morgan fingerprint density at radius 2 is 2.04 bits per heavy atom. The van der Waals surface area contributed by atoms with Crippen molar-refractivity contribution in [3.8, 4) is 16.3 Å². The molecule has 3 aromatic rings. The van der Waals surface area contributed by atoms with E-state index in [-0.39, 0.29) is 12.3 Å². The average Bonchev–Trinajstić information content (AvgIpc) is 3.07. The van der Waals surface area contributed by atoms with E-state index in [4.69, 9.17) is 16.3 Å². The molecule has 1 heterocycles. The van der Waals surface area contributed by atoms with Crippen LogP contribution in [0.25, 0.3) is 10.6 Å². The molecule has 0 aliphatic rings. The predicted molar refractivity (Wildman–Crippen MR) is 103 cm³/mol. The number of nitrogens with zero attached hydrogens (tertiary/aromatic N) is 1. The summed E-state index contributed by atoms with van der Waals surface area (Å²) in [6.45, 7) is 1.88. The Bertz CT molecular complexity index is 894. The summed E-state index contributed by atoms with van der Waals surface area (Å²) < 4.78 is 5.28. The van der Waals surface area contributed by atoms with E-state index in [1.807, 2.05) is 42.6 Å². The summed E-state index contributed by atoms with van der Waals surface area (Å²) in [7, 11) is 1.54. The molecular weight excluding hydrogens is 356 g/mol. The zero-order chi connectivity index (χ0) is 17.8. The van der Waals surface area contributed by atoms with E-state index in [1.165, 1.54) is 11.3 Å². The molecule has 0 saturated heterocycles. The minimum Gasteiger partial charge on any atom is -0.495 e. The number of methoxy groups -OCH3 is 1. The number of aryl methyl sites for hydroxylation is 1. The van der Waals surface area contributed by atoms with Crippen molar-refractivity contribution in [2.24, 2.45) is 0 Å². The molecule has 2 aromatic carbocycles. The van der Waals surface area contributed by atoms with Gasteiger partial charge in [-0.1, -0.05) is 41.9 Å². The third-order valence-electron chi connectivity index (χ3n) is 3.67. The number of hydrogen-bond donors (Lipinski definition) is 1. The Morgan fingerprint density at radius 1 is 1.28 bits per heavy atom. The van der Waals surface area contributed by atoms with Crippen LogP contribution < -0.4 is 10.1 Å². The third kappa shape index (κ3) is 4.18. The van der Waals surface area contributed by atoms with Gasteiger partial charge in [0.05, 0.1) is 24.9 Å². The van der Waals surface area contributed by atoms with Crippen LogP contribution in [0.2, 0.25) is 5.02 Å². The zero-order valence-corrected chi connectivity index (χ0v) is 15.4. The molecule has 6 heteroatoms. The number of halogens is 1. The Labute approximate surface area is 155 Å². The molecule has 4 nitrogen and oxygen atoms in total. The second kappa shape index (κ2) is 7.68. The van der Waals surface area contributed by atoms with Gasteiger partial charge in [0.1, 0.15) is 10.8 Å². The first-order valence-corrected chi connectivity index (χ1v) is 8.96. The Morgan fingerprint density at radius 3 is 2.76 bits per heavy atom. The van der Waals surface area contributed by atoms with Crippen molar-refractivity contribution in [1.82, 2.24) is 4.98 Å². The Hall–Kier alpha value is -2.37. The first-order chi connectivity index (χ1) is 12.1. The number of amides is 1. The third-order valence-corrected chi connectivity index (χ3v) is 5.02. The number of nitrogens with one attached hydrogen (secondary N) is 1. The van der Waals surface area contributed by atoms with Gasteiger partial charge < -0.3 is 10.1 Å². The molecule has 3 rings (SSSR count). The van der Waals surface area contributed by atoms with Gasteiger partial charge in [0.25, 0.3) is 0 Å². The van der Waals surface area contributed by atoms with E-state index in [0.717, 1.165) is 21.8 Å². The molecule has 0 fully saturated rings. The van der Waals surface area contributed by atoms with Crippen molar-refractivity contribution in [2.45, 2.75) is 13.3 Å². The number of carbonyl (C=O) groups is 1. The van der Waals surface area contributed by atoms with Crippen LogP contribution in [0.5, 0.6) is 5.75 Å². The predicted octanol–water partition coefficient (Wildman–Crippen LogP) is 4.96. The van der Waals surface area contributed by atoms with Gasteiger partial charge in [-0.15, -0.1) is 11.3 Å². The minimum absolute atomic E-state index is 0.148. The molecule has 0 unspecified atom stereocenters. The van der Waals surface area contributed by atoms with Crippen molar-refractivity contribution >= 4 is 34.5 Å². The summed E-state index contributed by atoms with van der Waals surface area (Å²) in [5, 5.41) is 6.28. The van der Waals surface area contributed by atoms with Crippen molar-refractivity contribution in [2.75, 3.05) is 12.4 Å². The highest BCUT2D eigenvalue weighted by atomic mass is 35.5. The first-order valence-electron chi connectivity index (χ1n) is 7.70. The summed E-state index contributed by atoms with van der Waals surface area (Å²) in [6.07, 6.45) is 0.203. The van der Waals surface area contributed by atoms with E-state index < -0.39 is 0 Å². The van der Waals surface area contributed by atoms with Gasteiger partial charge in [-0.25, -0.2) is 4.98 Å². The number of rotatable bonds is 5. The molecule has 0 aliphatic heterocycles. The van der Waals surface area contributed by atoms with Gasteiger partial charge in [-0.2, -0.15) is 0 Å². The molecule has 0 bridgehead atoms. The van der Waals surface area contributed by atoms with Gasteiger partial charge in [0, 0.05) is 22.0 Å². The fourth-order valence-corrected chi connectivity index (χ4v) is 3.37. The lowest BCUT2D eigenvalue weighted by molar-refractivity contribution is -0.115. The fourth-order valence-electron chi connectivity index (χ4n) is 2.39. The molecule has 0 spiro atoms. The van der Waals surface area contributed by atoms with Gasteiger partial charge in [0.2, 0.25) is 5.91 Å². The molecule has 0 radical (unpaired) electrons. The molecule has 128 valence electrons. The van der Waals surface area contributed by atoms with E-state index in [2.05, 4.69) is 10.3 Å². The molecule has 0 saturated carbocycles. The van der Waals surface area contributed by atoms with Crippen LogP contribution in [0.1, 0.15) is 11.3 Å². The Balaban J connectivity index is 1.72. The van der Waals surface area contributed by atoms with E-state index in [9.17, 15) is 4.79 Å². The largest absolute Gasteiger partial charge is 0.495 e. The number of thiazole rings is 1. The summed E-state index contributed by atoms with van der Waals surface area (Å²) in [6, 6.07) is 13.4. The SMILES string of the molecule is COc1cc(Cl)c(C)cc1NC(=O)Cc1csc(-c2ccccc2)n1. The number of aromatic nitrogens is 1. The van der Waals surface area contributed by atoms with Crippen LogP contribution in [0, 0.1) is 6.92 Å². The number of hydrogen-bond acceptors (Lipinski definition) is 4. The average molecular weight is 373 g/mol. The molecule has 1 aromatic heterocycles. The highest BCUT2D eigenvalue weighted by molar-refractivity contribution is 7.13. The smallest absolute Gasteiger partial charge is 0.230 e. The van der Waals surface area contributed by atoms with E-state index in [0.29, 0.717) is 16.5 Å². The second-order valence-electron chi connectivity index (χ2n) is 5.54. The second-order valence-corrected chi connectivity index (χ2v) is 6.80. The van der Waals surface area contributed by atoms with E-state index in [1.54, 1.807) is 19.2 Å². The highest BCUT2D eigenvalue weighted by Crippen LogP contribution is 2.31. The lowest BCUT2D eigenvalue weighted by Gasteiger charge is -2.11. The topological polar surface area (TPSA) is 51.2 Å². The minimum atomic E-state index is -0.148. The molecule has 0 atom stereocenters. The zero-order valence-electron chi connectivity index (χ0n) is 13.9. The normalized spacial score (nSPS) is 10.5. The maximum atomic E-state index is 12.4. The number of carbonyl (C=O) groups excluding carboxylic acids is 1. The van der Waals surface area contributed by atoms with Crippen LogP contribution in [-0.4, -0.2) is 18.0 Å². The number of benzene rings is 2. The molecule has 1 N–H and O–H groups in total. The highest BCUT2D eigenvalue weighted by Gasteiger charge is 2.13. The first kappa shape index (κ1) is 17.5. The van der Waals surface area contributed by atoms with Gasteiger partial charge in [-0.05, 0) is 18.6 Å². The van der Waals surface area contributed by atoms with Crippen molar-refractivity contribution in [3.63, 3.8) is 0 Å². The number of anilines is 1. The standard InChI is InChI=1S/C19H17ClN2O2S/c1-12-8-16(17(24-2)10-15(12)20)22-18(23)9-14-11-25-19(21-14)13-6-4-3-5-7-13/h3-8,10-11H,9H2,1-2H3,(H,22,23). The van der Waals surface area contributed by atoms with Crippen LogP contribution in [-0.2, 0) is 11.2 Å². The van der Waals surface area contributed by atoms with Crippen LogP contribution in [0.15, 0.2) is 47.8 Å². The lowest BCUT2D eigenvalue weighted by atomic mass is 10.2. The summed E-state index contributed by atoms with van der Waals surface area (Å²) in [4.78, 5) is 16.9. The summed E-state index contributed by atoms with van der Waals surface area (Å²) in [5.74, 6) is 0.386. The fraction of sp³-hybridized carbons (Fsp3) is 0.158. The van der Waals surface area contributed by atoms with Crippen LogP contribution in [0.3, 0.4) is 0 Å².